The lowest BCUT2D eigenvalue weighted by Gasteiger charge is -2.34. The summed E-state index contributed by atoms with van der Waals surface area (Å²) in [5, 5.41) is 4.19. The highest BCUT2D eigenvalue weighted by Gasteiger charge is 2.36. The number of primary amides is 1. The summed E-state index contributed by atoms with van der Waals surface area (Å²) in [6, 6.07) is 1.91. The topological polar surface area (TPSA) is 66.6 Å². The molecule has 1 aromatic heterocycles. The van der Waals surface area contributed by atoms with Gasteiger partial charge >= 0.3 is 6.03 Å². The van der Waals surface area contributed by atoms with E-state index in [4.69, 9.17) is 5.73 Å². The summed E-state index contributed by atoms with van der Waals surface area (Å²) in [5.41, 5.74) is 6.59. The predicted molar refractivity (Wildman–Crippen MR) is 81.9 cm³/mol. The average Bonchev–Trinajstić information content (AvgIpc) is 3.17. The molecule has 2 aliphatic heterocycles. The van der Waals surface area contributed by atoms with E-state index in [9.17, 15) is 9.59 Å². The van der Waals surface area contributed by atoms with Crippen LogP contribution in [0.2, 0.25) is 0 Å². The Labute approximate surface area is 128 Å². The van der Waals surface area contributed by atoms with Gasteiger partial charge in [0.25, 0.3) is 0 Å². The molecule has 0 spiro atoms. The second kappa shape index (κ2) is 6.05. The van der Waals surface area contributed by atoms with Crippen LogP contribution in [0.3, 0.4) is 0 Å². The number of urea groups is 1. The van der Waals surface area contributed by atoms with Crippen molar-refractivity contribution in [2.45, 2.75) is 31.7 Å². The Morgan fingerprint density at radius 2 is 2.05 bits per heavy atom. The minimum atomic E-state index is -0.414. The molecule has 5 nitrogen and oxygen atoms in total. The molecular weight excluding hydrogens is 286 g/mol. The molecule has 0 saturated carbocycles. The highest BCUT2D eigenvalue weighted by atomic mass is 32.1. The second-order valence-electron chi connectivity index (χ2n) is 5.87. The predicted octanol–water partition coefficient (Wildman–Crippen LogP) is 2.20. The van der Waals surface area contributed by atoms with Gasteiger partial charge in [-0.1, -0.05) is 0 Å². The van der Waals surface area contributed by atoms with Crippen molar-refractivity contribution in [3.05, 3.63) is 22.4 Å². The summed E-state index contributed by atoms with van der Waals surface area (Å²) in [7, 11) is 0. The van der Waals surface area contributed by atoms with Crippen LogP contribution in [0.1, 0.15) is 37.3 Å². The molecule has 21 heavy (non-hydrogen) atoms. The third kappa shape index (κ3) is 2.90. The van der Waals surface area contributed by atoms with Crippen molar-refractivity contribution < 1.29 is 9.59 Å². The number of hydrogen-bond donors (Lipinski definition) is 1. The van der Waals surface area contributed by atoms with Crippen molar-refractivity contribution in [1.29, 1.82) is 0 Å². The van der Waals surface area contributed by atoms with Crippen LogP contribution in [-0.2, 0) is 4.79 Å². The SMILES string of the molecule is NC(=O)N1CCCC(C(=O)N2CCCC2c2ccsc2)C1. The summed E-state index contributed by atoms with van der Waals surface area (Å²) in [6.07, 6.45) is 3.80. The second-order valence-corrected chi connectivity index (χ2v) is 6.65. The van der Waals surface area contributed by atoms with E-state index in [0.717, 1.165) is 32.2 Å². The van der Waals surface area contributed by atoms with Crippen LogP contribution in [0.5, 0.6) is 0 Å². The monoisotopic (exact) mass is 307 g/mol. The van der Waals surface area contributed by atoms with E-state index >= 15 is 0 Å². The molecule has 2 aliphatic rings. The maximum Gasteiger partial charge on any atom is 0.314 e. The van der Waals surface area contributed by atoms with E-state index in [2.05, 4.69) is 16.8 Å². The minimum Gasteiger partial charge on any atom is -0.351 e. The first-order chi connectivity index (χ1) is 10.2. The third-order valence-corrected chi connectivity index (χ3v) is 5.25. The zero-order valence-electron chi connectivity index (χ0n) is 12.0. The van der Waals surface area contributed by atoms with Gasteiger partial charge in [0.1, 0.15) is 0 Å². The zero-order valence-corrected chi connectivity index (χ0v) is 12.8. The highest BCUT2D eigenvalue weighted by Crippen LogP contribution is 2.35. The smallest absolute Gasteiger partial charge is 0.314 e. The number of hydrogen-bond acceptors (Lipinski definition) is 3. The maximum absolute atomic E-state index is 12.8. The molecule has 114 valence electrons. The fourth-order valence-electron chi connectivity index (χ4n) is 3.46. The summed E-state index contributed by atoms with van der Waals surface area (Å²) in [4.78, 5) is 27.8. The van der Waals surface area contributed by atoms with Crippen LogP contribution in [0.15, 0.2) is 16.8 Å². The zero-order chi connectivity index (χ0) is 14.8. The van der Waals surface area contributed by atoms with Gasteiger partial charge in [0, 0.05) is 19.6 Å². The van der Waals surface area contributed by atoms with Gasteiger partial charge in [-0.15, -0.1) is 0 Å². The average molecular weight is 307 g/mol. The minimum absolute atomic E-state index is 0.0921. The molecule has 0 radical (unpaired) electrons. The van der Waals surface area contributed by atoms with E-state index in [1.807, 2.05) is 4.90 Å². The number of thiophene rings is 1. The van der Waals surface area contributed by atoms with Crippen molar-refractivity contribution in [2.24, 2.45) is 11.7 Å². The van der Waals surface area contributed by atoms with Crippen molar-refractivity contribution in [3.8, 4) is 0 Å². The largest absolute Gasteiger partial charge is 0.351 e. The van der Waals surface area contributed by atoms with Crippen molar-refractivity contribution in [2.75, 3.05) is 19.6 Å². The van der Waals surface area contributed by atoms with Crippen molar-refractivity contribution in [1.82, 2.24) is 9.80 Å². The normalized spacial score (nSPS) is 26.1. The molecule has 1 aromatic rings. The number of nitrogens with two attached hydrogens (primary N) is 1. The molecular formula is C15H21N3O2S. The molecule has 2 N–H and O–H groups in total. The number of amides is 3. The molecule has 2 fully saturated rings. The van der Waals surface area contributed by atoms with Gasteiger partial charge in [-0.05, 0) is 48.1 Å². The van der Waals surface area contributed by atoms with Crippen LogP contribution in [-0.4, -0.2) is 41.4 Å². The molecule has 0 aromatic carbocycles. The Hall–Kier alpha value is -1.56. The van der Waals surface area contributed by atoms with Crippen molar-refractivity contribution >= 4 is 23.3 Å². The van der Waals surface area contributed by atoms with E-state index in [1.165, 1.54) is 5.56 Å². The molecule has 0 aliphatic carbocycles. The molecule has 3 rings (SSSR count). The molecule has 2 atom stereocenters. The van der Waals surface area contributed by atoms with Crippen LogP contribution >= 0.6 is 11.3 Å². The molecule has 0 bridgehead atoms. The number of rotatable bonds is 2. The summed E-state index contributed by atoms with van der Waals surface area (Å²) < 4.78 is 0. The van der Waals surface area contributed by atoms with E-state index < -0.39 is 6.03 Å². The number of likely N-dealkylation sites (tertiary alicyclic amines) is 2. The summed E-state index contributed by atoms with van der Waals surface area (Å²) >= 11 is 1.67. The van der Waals surface area contributed by atoms with Gasteiger partial charge in [-0.25, -0.2) is 4.79 Å². The van der Waals surface area contributed by atoms with Gasteiger partial charge < -0.3 is 15.5 Å². The van der Waals surface area contributed by atoms with Crippen LogP contribution < -0.4 is 5.73 Å². The first-order valence-electron chi connectivity index (χ1n) is 7.54. The van der Waals surface area contributed by atoms with Crippen molar-refractivity contribution in [3.63, 3.8) is 0 Å². The Morgan fingerprint density at radius 3 is 2.76 bits per heavy atom. The summed E-state index contributed by atoms with van der Waals surface area (Å²) in [5.74, 6) is 0.0973. The van der Waals surface area contributed by atoms with Gasteiger partial charge in [0.2, 0.25) is 5.91 Å². The number of nitrogens with zero attached hydrogens (tertiary/aromatic N) is 2. The lowest BCUT2D eigenvalue weighted by molar-refractivity contribution is -0.137. The Bertz CT molecular complexity index is 517. The van der Waals surface area contributed by atoms with Gasteiger partial charge in [-0.3, -0.25) is 4.79 Å². The Kier molecular flexibility index (Phi) is 4.14. The van der Waals surface area contributed by atoms with Gasteiger partial charge in [0.15, 0.2) is 0 Å². The van der Waals surface area contributed by atoms with Gasteiger partial charge in [0.05, 0.1) is 12.0 Å². The first-order valence-corrected chi connectivity index (χ1v) is 8.48. The maximum atomic E-state index is 12.8. The standard InChI is InChI=1S/C15H21N3O2S/c16-15(20)17-6-1-3-11(9-17)14(19)18-7-2-4-13(18)12-5-8-21-10-12/h5,8,10-11,13H,1-4,6-7,9H2,(H2,16,20). The lowest BCUT2D eigenvalue weighted by Crippen LogP contribution is -2.48. The van der Waals surface area contributed by atoms with Crippen LogP contribution in [0.4, 0.5) is 4.79 Å². The molecule has 3 heterocycles. The summed E-state index contributed by atoms with van der Waals surface area (Å²) in [6.45, 7) is 1.97. The number of carbonyl (C=O) groups excluding carboxylic acids is 2. The fourth-order valence-corrected chi connectivity index (χ4v) is 4.16. The molecule has 3 amide bonds. The van der Waals surface area contributed by atoms with E-state index in [-0.39, 0.29) is 17.9 Å². The molecule has 2 saturated heterocycles. The Morgan fingerprint density at radius 1 is 1.24 bits per heavy atom. The molecule has 6 heteroatoms. The van der Waals surface area contributed by atoms with Gasteiger partial charge in [-0.2, -0.15) is 11.3 Å². The first kappa shape index (κ1) is 14.4. The third-order valence-electron chi connectivity index (χ3n) is 4.55. The quantitative estimate of drug-likeness (QED) is 0.910. The fraction of sp³-hybridized carbons (Fsp3) is 0.600. The highest BCUT2D eigenvalue weighted by molar-refractivity contribution is 7.07. The number of carbonyl (C=O) groups is 2. The van der Waals surface area contributed by atoms with Crippen LogP contribution in [0, 0.1) is 5.92 Å². The lowest BCUT2D eigenvalue weighted by atomic mass is 9.96. The van der Waals surface area contributed by atoms with E-state index in [0.29, 0.717) is 13.1 Å². The van der Waals surface area contributed by atoms with Crippen LogP contribution in [0.25, 0.3) is 0 Å². The number of piperidine rings is 1. The Balaban J connectivity index is 1.70. The van der Waals surface area contributed by atoms with E-state index in [1.54, 1.807) is 16.2 Å². The molecule has 2 unspecified atom stereocenters.